The van der Waals surface area contributed by atoms with E-state index in [9.17, 15) is 0 Å². The molecule has 1 aliphatic heterocycles. The maximum absolute atomic E-state index is 5.53. The Labute approximate surface area is 165 Å². The Bertz CT molecular complexity index is 1250. The summed E-state index contributed by atoms with van der Waals surface area (Å²) in [4.78, 5) is 21.7. The molecule has 2 N–H and O–H groups in total. The zero-order valence-corrected chi connectivity index (χ0v) is 15.5. The van der Waals surface area contributed by atoms with Crippen LogP contribution in [-0.2, 0) is 0 Å². The van der Waals surface area contributed by atoms with Gasteiger partial charge in [0, 0.05) is 18.0 Å². The summed E-state index contributed by atoms with van der Waals surface area (Å²) in [5.74, 6) is 1.28. The summed E-state index contributed by atoms with van der Waals surface area (Å²) in [7, 11) is 1.62. The molecule has 0 spiro atoms. The molecule has 1 aliphatic rings. The number of aromatic amines is 1. The van der Waals surface area contributed by atoms with Gasteiger partial charge in [0.25, 0.3) is 0 Å². The Morgan fingerprint density at radius 1 is 1.14 bits per heavy atom. The molecule has 3 aromatic heterocycles. The van der Waals surface area contributed by atoms with Crippen molar-refractivity contribution in [1.82, 2.24) is 30.1 Å². The molecule has 0 aliphatic carbocycles. The Morgan fingerprint density at radius 2 is 2.10 bits per heavy atom. The molecule has 5 rings (SSSR count). The summed E-state index contributed by atoms with van der Waals surface area (Å²) in [6.07, 6.45) is 10.4. The lowest BCUT2D eigenvalue weighted by atomic mass is 10.1. The lowest BCUT2D eigenvalue weighted by molar-refractivity contribution is 0.417. The SMILES string of the molecule is COc1ccc(-c2cnccn2)cc1Nc1ncnc2n[nH]c(C3=NCC=C3)c12. The van der Waals surface area contributed by atoms with Gasteiger partial charge in [-0.15, -0.1) is 0 Å². The quantitative estimate of drug-likeness (QED) is 0.544. The second-order valence-electron chi connectivity index (χ2n) is 6.28. The number of anilines is 2. The van der Waals surface area contributed by atoms with Crippen LogP contribution in [0.5, 0.6) is 5.75 Å². The van der Waals surface area contributed by atoms with Crippen molar-refractivity contribution in [1.29, 1.82) is 0 Å². The van der Waals surface area contributed by atoms with Crippen LogP contribution in [0, 0.1) is 0 Å². The minimum absolute atomic E-state index is 0.560. The van der Waals surface area contributed by atoms with Crippen molar-refractivity contribution in [3.63, 3.8) is 0 Å². The van der Waals surface area contributed by atoms with Gasteiger partial charge in [-0.3, -0.25) is 20.1 Å². The van der Waals surface area contributed by atoms with Crippen molar-refractivity contribution < 1.29 is 4.74 Å². The molecule has 0 unspecified atom stereocenters. The number of hydrogen-bond acceptors (Lipinski definition) is 8. The smallest absolute Gasteiger partial charge is 0.186 e. The molecule has 0 atom stereocenters. The average Bonchev–Trinajstić information content (AvgIpc) is 3.44. The fourth-order valence-electron chi connectivity index (χ4n) is 3.21. The number of aliphatic imine (C=N–C) groups is 1. The van der Waals surface area contributed by atoms with Gasteiger partial charge in [-0.1, -0.05) is 6.08 Å². The number of aromatic nitrogens is 6. The average molecular weight is 384 g/mol. The molecule has 0 saturated heterocycles. The van der Waals surface area contributed by atoms with E-state index in [-0.39, 0.29) is 0 Å². The highest BCUT2D eigenvalue weighted by Crippen LogP contribution is 2.34. The van der Waals surface area contributed by atoms with Crippen LogP contribution in [0.3, 0.4) is 0 Å². The number of H-pyrrole nitrogens is 1. The van der Waals surface area contributed by atoms with Crippen molar-refractivity contribution in [2.45, 2.75) is 0 Å². The molecule has 9 nitrogen and oxygen atoms in total. The molecular formula is C20H16N8O. The van der Waals surface area contributed by atoms with Gasteiger partial charge < -0.3 is 10.1 Å². The van der Waals surface area contributed by atoms with E-state index in [1.165, 1.54) is 6.33 Å². The first-order valence-corrected chi connectivity index (χ1v) is 8.95. The van der Waals surface area contributed by atoms with Crippen LogP contribution in [-0.4, -0.2) is 49.5 Å². The van der Waals surface area contributed by atoms with Gasteiger partial charge in [0.2, 0.25) is 0 Å². The van der Waals surface area contributed by atoms with Gasteiger partial charge in [0.1, 0.15) is 17.9 Å². The van der Waals surface area contributed by atoms with Crippen molar-refractivity contribution in [3.8, 4) is 17.0 Å². The number of rotatable bonds is 5. The number of hydrogen-bond donors (Lipinski definition) is 2. The third-order valence-electron chi connectivity index (χ3n) is 4.56. The van der Waals surface area contributed by atoms with Crippen LogP contribution in [0.25, 0.3) is 22.3 Å². The van der Waals surface area contributed by atoms with Gasteiger partial charge in [0.05, 0.1) is 48.0 Å². The molecule has 1 aromatic carbocycles. The third kappa shape index (κ3) is 3.08. The van der Waals surface area contributed by atoms with E-state index in [1.807, 2.05) is 30.4 Å². The topological polar surface area (TPSA) is 114 Å². The van der Waals surface area contributed by atoms with Crippen LogP contribution in [0.1, 0.15) is 5.69 Å². The summed E-state index contributed by atoms with van der Waals surface area (Å²) in [5, 5.41) is 11.4. The Morgan fingerprint density at radius 3 is 2.90 bits per heavy atom. The maximum atomic E-state index is 5.53. The minimum Gasteiger partial charge on any atom is -0.495 e. The number of methoxy groups -OCH3 is 1. The second-order valence-corrected chi connectivity index (χ2v) is 6.28. The van der Waals surface area contributed by atoms with Gasteiger partial charge in [-0.05, 0) is 24.3 Å². The van der Waals surface area contributed by atoms with E-state index < -0.39 is 0 Å². The van der Waals surface area contributed by atoms with Crippen LogP contribution in [0.15, 0.2) is 60.3 Å². The first kappa shape index (κ1) is 17.0. The molecule has 0 fully saturated rings. The summed E-state index contributed by atoms with van der Waals surface area (Å²) in [6, 6.07) is 5.76. The number of benzene rings is 1. The van der Waals surface area contributed by atoms with Crippen molar-refractivity contribution >= 4 is 28.3 Å². The molecule has 0 radical (unpaired) electrons. The largest absolute Gasteiger partial charge is 0.495 e. The molecule has 9 heteroatoms. The summed E-state index contributed by atoms with van der Waals surface area (Å²) in [6.45, 7) is 0.653. The number of fused-ring (bicyclic) bond motifs is 1. The predicted molar refractivity (Wildman–Crippen MR) is 110 cm³/mol. The Balaban J connectivity index is 1.61. The lowest BCUT2D eigenvalue weighted by Crippen LogP contribution is -2.02. The standard InChI is InChI=1S/C20H16N8O/c1-29-16-5-4-12(15-10-21-7-8-23-15)9-14(16)26-19-17-18(13-3-2-6-22-13)27-28-20(17)25-11-24-19/h2-5,7-11H,6H2,1H3,(H2,24,25,26,27,28). The van der Waals surface area contributed by atoms with E-state index in [0.717, 1.165) is 33.7 Å². The zero-order chi connectivity index (χ0) is 19.6. The van der Waals surface area contributed by atoms with Gasteiger partial charge >= 0.3 is 0 Å². The van der Waals surface area contributed by atoms with E-state index in [4.69, 9.17) is 4.74 Å². The van der Waals surface area contributed by atoms with Crippen molar-refractivity contribution in [2.24, 2.45) is 4.99 Å². The number of allylic oxidation sites excluding steroid dienone is 1. The first-order valence-electron chi connectivity index (χ1n) is 8.95. The maximum Gasteiger partial charge on any atom is 0.186 e. The first-order chi connectivity index (χ1) is 14.3. The molecule has 0 amide bonds. The number of nitrogens with zero attached hydrogens (tertiary/aromatic N) is 6. The molecule has 4 heterocycles. The highest BCUT2D eigenvalue weighted by Gasteiger charge is 2.18. The molecule has 0 bridgehead atoms. The third-order valence-corrected chi connectivity index (χ3v) is 4.56. The van der Waals surface area contributed by atoms with E-state index in [0.29, 0.717) is 23.8 Å². The number of nitrogens with one attached hydrogen (secondary N) is 2. The van der Waals surface area contributed by atoms with Crippen LogP contribution in [0.4, 0.5) is 11.5 Å². The van der Waals surface area contributed by atoms with Crippen LogP contribution >= 0.6 is 0 Å². The summed E-state index contributed by atoms with van der Waals surface area (Å²) >= 11 is 0. The zero-order valence-electron chi connectivity index (χ0n) is 15.5. The van der Waals surface area contributed by atoms with Crippen molar-refractivity contribution in [3.05, 3.63) is 61.0 Å². The fourth-order valence-corrected chi connectivity index (χ4v) is 3.21. The minimum atomic E-state index is 0.560. The van der Waals surface area contributed by atoms with E-state index in [1.54, 1.807) is 25.7 Å². The van der Waals surface area contributed by atoms with E-state index >= 15 is 0 Å². The molecule has 29 heavy (non-hydrogen) atoms. The fraction of sp³-hybridized carbons (Fsp3) is 0.100. The molecule has 0 saturated carbocycles. The van der Waals surface area contributed by atoms with Crippen LogP contribution in [0.2, 0.25) is 0 Å². The number of ether oxygens (including phenoxy) is 1. The van der Waals surface area contributed by atoms with Gasteiger partial charge in [0.15, 0.2) is 5.65 Å². The van der Waals surface area contributed by atoms with Gasteiger partial charge in [-0.25, -0.2) is 9.97 Å². The Kier molecular flexibility index (Phi) is 4.17. The lowest BCUT2D eigenvalue weighted by Gasteiger charge is -2.13. The molecule has 4 aromatic rings. The summed E-state index contributed by atoms with van der Waals surface area (Å²) in [5.41, 5.74) is 4.57. The Hall–Kier alpha value is -4.14. The summed E-state index contributed by atoms with van der Waals surface area (Å²) < 4.78 is 5.53. The molecular weight excluding hydrogens is 368 g/mol. The highest BCUT2D eigenvalue weighted by atomic mass is 16.5. The van der Waals surface area contributed by atoms with Crippen LogP contribution < -0.4 is 10.1 Å². The van der Waals surface area contributed by atoms with E-state index in [2.05, 4.69) is 40.4 Å². The van der Waals surface area contributed by atoms with Gasteiger partial charge in [-0.2, -0.15) is 5.10 Å². The highest BCUT2D eigenvalue weighted by molar-refractivity contribution is 6.17. The van der Waals surface area contributed by atoms with Crippen molar-refractivity contribution in [2.75, 3.05) is 19.0 Å². The monoisotopic (exact) mass is 384 g/mol. The second kappa shape index (κ2) is 7.12. The predicted octanol–water partition coefficient (Wildman–Crippen LogP) is 2.92. The molecule has 142 valence electrons. The normalized spacial score (nSPS) is 12.9.